The monoisotopic (exact) mass is 265 g/mol. The van der Waals surface area contributed by atoms with E-state index in [1.54, 1.807) is 29.6 Å². The molecule has 0 spiro atoms. The number of rotatable bonds is 4. The molecule has 0 saturated carbocycles. The number of hydrogen-bond acceptors (Lipinski definition) is 4. The zero-order valence-corrected chi connectivity index (χ0v) is 11.1. The van der Waals surface area contributed by atoms with Crippen LogP contribution < -0.4 is 0 Å². The minimum atomic E-state index is -1.20. The van der Waals surface area contributed by atoms with E-state index in [9.17, 15) is 4.79 Å². The number of carboxylic acid groups (broad SMARTS) is 1. The smallest absolute Gasteiger partial charge is 0.346 e. The summed E-state index contributed by atoms with van der Waals surface area (Å²) in [4.78, 5) is 12.9. The first kappa shape index (κ1) is 13.7. The van der Waals surface area contributed by atoms with Crippen LogP contribution in [-0.2, 0) is 4.79 Å². The van der Waals surface area contributed by atoms with Crippen LogP contribution >= 0.6 is 23.5 Å². The van der Waals surface area contributed by atoms with Gasteiger partial charge in [-0.05, 0) is 36.3 Å². The van der Waals surface area contributed by atoms with Crippen LogP contribution in [0, 0.1) is 11.3 Å². The van der Waals surface area contributed by atoms with Crippen LogP contribution in [-0.4, -0.2) is 23.6 Å². The molecule has 1 N–H and O–H groups in total. The maximum Gasteiger partial charge on any atom is 0.346 e. The first-order valence-corrected chi connectivity index (χ1v) is 7.14. The summed E-state index contributed by atoms with van der Waals surface area (Å²) in [5.41, 5.74) is 0.472. The van der Waals surface area contributed by atoms with Gasteiger partial charge in [0.25, 0.3) is 0 Å². The van der Waals surface area contributed by atoms with Crippen LogP contribution in [0.4, 0.5) is 0 Å². The average molecular weight is 265 g/mol. The fourth-order valence-corrected chi connectivity index (χ4v) is 2.74. The topological polar surface area (TPSA) is 61.1 Å². The summed E-state index contributed by atoms with van der Waals surface area (Å²) in [6, 6.07) is 7.29. The molecule has 0 aromatic heterocycles. The quantitative estimate of drug-likeness (QED) is 0.515. The average Bonchev–Trinajstić information content (AvgIpc) is 2.35. The van der Waals surface area contributed by atoms with Gasteiger partial charge in [-0.15, -0.1) is 23.5 Å². The lowest BCUT2D eigenvalue weighted by molar-refractivity contribution is -0.132. The van der Waals surface area contributed by atoms with Crippen LogP contribution in [0.1, 0.15) is 5.56 Å². The Morgan fingerprint density at radius 1 is 1.35 bits per heavy atom. The second-order valence-corrected chi connectivity index (χ2v) is 4.79. The van der Waals surface area contributed by atoms with Gasteiger partial charge in [0.1, 0.15) is 11.6 Å². The Morgan fingerprint density at radius 3 is 2.47 bits per heavy atom. The van der Waals surface area contributed by atoms with Crippen molar-refractivity contribution in [3.63, 3.8) is 0 Å². The molecule has 3 nitrogen and oxygen atoms in total. The second kappa shape index (κ2) is 6.38. The van der Waals surface area contributed by atoms with E-state index in [0.717, 1.165) is 15.4 Å². The highest BCUT2D eigenvalue weighted by Gasteiger charge is 2.07. The molecule has 0 heterocycles. The fraction of sp³-hybridized carbons (Fsp3) is 0.167. The van der Waals surface area contributed by atoms with Gasteiger partial charge in [-0.3, -0.25) is 0 Å². The predicted molar refractivity (Wildman–Crippen MR) is 71.2 cm³/mol. The standard InChI is InChI=1S/C12H11NO2S2/c1-16-10-4-3-8(6-11(10)17-2)5-9(7-13)12(14)15/h3-6H,1-2H3,(H,14,15)/b9-5+. The van der Waals surface area contributed by atoms with E-state index >= 15 is 0 Å². The molecular weight excluding hydrogens is 254 g/mol. The molecule has 1 aromatic carbocycles. The van der Waals surface area contributed by atoms with E-state index in [2.05, 4.69) is 0 Å². The van der Waals surface area contributed by atoms with Gasteiger partial charge < -0.3 is 5.11 Å². The highest BCUT2D eigenvalue weighted by molar-refractivity contribution is 8.01. The van der Waals surface area contributed by atoms with E-state index in [1.165, 1.54) is 6.08 Å². The lowest BCUT2D eigenvalue weighted by Gasteiger charge is -2.05. The van der Waals surface area contributed by atoms with Gasteiger partial charge in [0.05, 0.1) is 0 Å². The summed E-state index contributed by atoms with van der Waals surface area (Å²) in [5.74, 6) is -1.20. The Balaban J connectivity index is 3.17. The van der Waals surface area contributed by atoms with Gasteiger partial charge in [-0.2, -0.15) is 5.26 Å². The van der Waals surface area contributed by atoms with Crippen LogP contribution in [0.2, 0.25) is 0 Å². The van der Waals surface area contributed by atoms with E-state index < -0.39 is 5.97 Å². The normalized spacial score (nSPS) is 11.0. The van der Waals surface area contributed by atoms with Crippen molar-refractivity contribution in [3.05, 3.63) is 29.3 Å². The molecule has 0 fully saturated rings. The number of thioether (sulfide) groups is 2. The number of carbonyl (C=O) groups is 1. The molecule has 0 aliphatic carbocycles. The fourth-order valence-electron chi connectivity index (χ4n) is 1.25. The van der Waals surface area contributed by atoms with Crippen molar-refractivity contribution < 1.29 is 9.90 Å². The third-order valence-corrected chi connectivity index (χ3v) is 3.77. The Kier molecular flexibility index (Phi) is 5.13. The first-order chi connectivity index (χ1) is 8.12. The van der Waals surface area contributed by atoms with Crippen LogP contribution in [0.3, 0.4) is 0 Å². The van der Waals surface area contributed by atoms with E-state index in [-0.39, 0.29) is 5.57 Å². The molecule has 1 rings (SSSR count). The van der Waals surface area contributed by atoms with Crippen molar-refractivity contribution >= 4 is 35.6 Å². The summed E-state index contributed by atoms with van der Waals surface area (Å²) in [7, 11) is 0. The first-order valence-electron chi connectivity index (χ1n) is 4.69. The Labute approximate surface area is 109 Å². The van der Waals surface area contributed by atoms with Crippen LogP contribution in [0.25, 0.3) is 6.08 Å². The van der Waals surface area contributed by atoms with Crippen molar-refractivity contribution in [2.24, 2.45) is 0 Å². The van der Waals surface area contributed by atoms with Crippen LogP contribution in [0.15, 0.2) is 33.6 Å². The highest BCUT2D eigenvalue weighted by atomic mass is 32.2. The van der Waals surface area contributed by atoms with Crippen molar-refractivity contribution in [1.82, 2.24) is 0 Å². The molecule has 0 amide bonds. The molecule has 0 unspecified atom stereocenters. The van der Waals surface area contributed by atoms with Gasteiger partial charge >= 0.3 is 5.97 Å². The Morgan fingerprint density at radius 2 is 2.00 bits per heavy atom. The van der Waals surface area contributed by atoms with E-state index in [4.69, 9.17) is 10.4 Å². The third kappa shape index (κ3) is 3.55. The molecular formula is C12H11NO2S2. The molecule has 17 heavy (non-hydrogen) atoms. The summed E-state index contributed by atoms with van der Waals surface area (Å²) < 4.78 is 0. The zero-order valence-electron chi connectivity index (χ0n) is 9.43. The van der Waals surface area contributed by atoms with Crippen molar-refractivity contribution in [2.75, 3.05) is 12.5 Å². The maximum atomic E-state index is 10.7. The minimum Gasteiger partial charge on any atom is -0.477 e. The van der Waals surface area contributed by atoms with Crippen LogP contribution in [0.5, 0.6) is 0 Å². The van der Waals surface area contributed by atoms with Gasteiger partial charge in [0, 0.05) is 9.79 Å². The Hall–Kier alpha value is -1.38. The SMILES string of the molecule is CSc1ccc(/C=C(\C#N)C(=O)O)cc1SC. The number of benzene rings is 1. The van der Waals surface area contributed by atoms with Gasteiger partial charge in [0.2, 0.25) is 0 Å². The molecule has 0 saturated heterocycles. The Bertz CT molecular complexity index is 504. The number of hydrogen-bond donors (Lipinski definition) is 1. The molecule has 5 heteroatoms. The number of carboxylic acids is 1. The van der Waals surface area contributed by atoms with Crippen molar-refractivity contribution in [2.45, 2.75) is 9.79 Å². The minimum absolute atomic E-state index is 0.256. The number of nitrogens with zero attached hydrogens (tertiary/aromatic N) is 1. The summed E-state index contributed by atoms with van der Waals surface area (Å²) in [6.45, 7) is 0. The van der Waals surface area contributed by atoms with E-state index in [0.29, 0.717) is 0 Å². The molecule has 88 valence electrons. The molecule has 0 aliphatic rings. The molecule has 0 bridgehead atoms. The summed E-state index contributed by atoms with van der Waals surface area (Å²) >= 11 is 3.23. The van der Waals surface area contributed by atoms with Gasteiger partial charge in [-0.1, -0.05) is 6.07 Å². The molecule has 1 aromatic rings. The maximum absolute atomic E-state index is 10.7. The van der Waals surface area contributed by atoms with Gasteiger partial charge in [-0.25, -0.2) is 4.79 Å². The number of aliphatic carboxylic acids is 1. The molecule has 0 atom stereocenters. The van der Waals surface area contributed by atoms with Crippen molar-refractivity contribution in [1.29, 1.82) is 5.26 Å². The zero-order chi connectivity index (χ0) is 12.8. The molecule has 0 radical (unpaired) electrons. The van der Waals surface area contributed by atoms with Gasteiger partial charge in [0.15, 0.2) is 0 Å². The summed E-state index contributed by atoms with van der Waals surface area (Å²) in [5, 5.41) is 17.4. The van der Waals surface area contributed by atoms with Crippen molar-refractivity contribution in [3.8, 4) is 6.07 Å². The largest absolute Gasteiger partial charge is 0.477 e. The second-order valence-electron chi connectivity index (χ2n) is 3.09. The number of nitriles is 1. The predicted octanol–water partition coefficient (Wildman–Crippen LogP) is 3.12. The lowest BCUT2D eigenvalue weighted by Crippen LogP contribution is -1.97. The molecule has 0 aliphatic heterocycles. The third-order valence-electron chi connectivity index (χ3n) is 2.07. The lowest BCUT2D eigenvalue weighted by atomic mass is 10.1. The van der Waals surface area contributed by atoms with E-state index in [1.807, 2.05) is 30.7 Å². The summed E-state index contributed by atoms with van der Waals surface area (Å²) in [6.07, 6.45) is 5.33. The highest BCUT2D eigenvalue weighted by Crippen LogP contribution is 2.29.